The Morgan fingerprint density at radius 2 is 1.68 bits per heavy atom. The number of benzene rings is 2. The van der Waals surface area contributed by atoms with Crippen LogP contribution >= 0.6 is 0 Å². The van der Waals surface area contributed by atoms with Crippen LogP contribution in [0.2, 0.25) is 0 Å². The summed E-state index contributed by atoms with van der Waals surface area (Å²) in [5.41, 5.74) is 0.676. The van der Waals surface area contributed by atoms with Gasteiger partial charge in [0.1, 0.15) is 5.75 Å². The molecule has 0 spiro atoms. The van der Waals surface area contributed by atoms with Crippen LogP contribution in [-0.2, 0) is 4.79 Å². The Morgan fingerprint density at radius 1 is 1.04 bits per heavy atom. The molecule has 2 aromatic rings. The highest BCUT2D eigenvalue weighted by atomic mass is 16.5. The fraction of sp³-hybridized carbons (Fsp3) is 0.400. The number of methoxy groups -OCH3 is 1. The van der Waals surface area contributed by atoms with E-state index in [1.165, 1.54) is 0 Å². The lowest BCUT2D eigenvalue weighted by Gasteiger charge is -2.18. The van der Waals surface area contributed by atoms with E-state index < -0.39 is 0 Å². The molecule has 2 rings (SSSR count). The molecule has 1 N–H and O–H groups in total. The zero-order valence-electron chi connectivity index (χ0n) is 15.0. The third-order valence-corrected chi connectivity index (χ3v) is 4.16. The normalized spacial score (nSPS) is 10.9. The van der Waals surface area contributed by atoms with E-state index in [9.17, 15) is 14.8 Å². The number of carbonyl (C=O) groups excluding carboxylic acids is 2. The third kappa shape index (κ3) is 5.03. The molecule has 0 unspecified atom stereocenters. The van der Waals surface area contributed by atoms with Gasteiger partial charge in [-0.2, -0.15) is 0 Å². The largest absolute Gasteiger partial charge is 0.497 e. The molecule has 0 saturated carbocycles. The van der Waals surface area contributed by atoms with Crippen molar-refractivity contribution in [3.8, 4) is 5.75 Å². The molecule has 0 bridgehead atoms. The van der Waals surface area contributed by atoms with Crippen LogP contribution in [0.5, 0.6) is 5.75 Å². The van der Waals surface area contributed by atoms with Gasteiger partial charge in [0.05, 0.1) is 13.2 Å². The topological polar surface area (TPSA) is 66.8 Å². The van der Waals surface area contributed by atoms with Gasteiger partial charge in [-0.05, 0) is 55.7 Å². The van der Waals surface area contributed by atoms with E-state index in [-0.39, 0.29) is 24.2 Å². The smallest absolute Gasteiger partial charge is 0.246 e. The van der Waals surface area contributed by atoms with Crippen molar-refractivity contribution >= 4 is 22.5 Å². The van der Waals surface area contributed by atoms with Gasteiger partial charge in [0, 0.05) is 18.4 Å². The summed E-state index contributed by atoms with van der Waals surface area (Å²) in [5, 5.41) is 12.3. The van der Waals surface area contributed by atoms with Crippen molar-refractivity contribution in [1.29, 1.82) is 0 Å². The minimum Gasteiger partial charge on any atom is -0.497 e. The van der Waals surface area contributed by atoms with Crippen molar-refractivity contribution in [2.75, 3.05) is 7.11 Å². The van der Waals surface area contributed by atoms with Gasteiger partial charge in [0.25, 0.3) is 0 Å². The molecule has 5 heteroatoms. The maximum atomic E-state index is 12.3. The van der Waals surface area contributed by atoms with Gasteiger partial charge in [-0.1, -0.05) is 18.2 Å². The highest BCUT2D eigenvalue weighted by Crippen LogP contribution is 2.22. The summed E-state index contributed by atoms with van der Waals surface area (Å²) in [5.74, 6) is 0.549. The van der Waals surface area contributed by atoms with Crippen molar-refractivity contribution in [2.24, 2.45) is 0 Å². The van der Waals surface area contributed by atoms with Crippen molar-refractivity contribution in [3.05, 3.63) is 42.0 Å². The number of Topliss-reactive ketones (excluding diaryl/α,β-unsaturated/α-hetero) is 1. The number of rotatable bonds is 8. The number of fused-ring (bicyclic) bond motifs is 1. The number of hydrogen-bond acceptors (Lipinski definition) is 4. The van der Waals surface area contributed by atoms with Crippen molar-refractivity contribution < 1.29 is 19.5 Å². The second-order valence-corrected chi connectivity index (χ2v) is 6.39. The predicted molar refractivity (Wildman–Crippen MR) is 97.1 cm³/mol. The SMILES string of the molecule is COc1ccc2cc(C(=O)CCCCC(=O)N(O)C(C)C)ccc2c1. The molecule has 0 radical (unpaired) electrons. The summed E-state index contributed by atoms with van der Waals surface area (Å²) in [7, 11) is 1.63. The summed E-state index contributed by atoms with van der Waals surface area (Å²) in [4.78, 5) is 24.0. The Kier molecular flexibility index (Phi) is 6.53. The Bertz CT molecular complexity index is 754. The summed E-state index contributed by atoms with van der Waals surface area (Å²) < 4.78 is 5.20. The second-order valence-electron chi connectivity index (χ2n) is 6.39. The first kappa shape index (κ1) is 18.9. The van der Waals surface area contributed by atoms with Gasteiger partial charge in [-0.3, -0.25) is 14.8 Å². The van der Waals surface area contributed by atoms with Gasteiger partial charge in [0.2, 0.25) is 5.91 Å². The van der Waals surface area contributed by atoms with Crippen LogP contribution in [0.3, 0.4) is 0 Å². The molecule has 2 aromatic carbocycles. The van der Waals surface area contributed by atoms with E-state index in [1.54, 1.807) is 21.0 Å². The summed E-state index contributed by atoms with van der Waals surface area (Å²) in [6.07, 6.45) is 1.85. The first-order valence-corrected chi connectivity index (χ1v) is 8.54. The first-order valence-electron chi connectivity index (χ1n) is 8.54. The molecule has 0 aliphatic heterocycles. The van der Waals surface area contributed by atoms with E-state index in [1.807, 2.05) is 36.4 Å². The van der Waals surface area contributed by atoms with Crippen LogP contribution in [0.15, 0.2) is 36.4 Å². The Labute approximate surface area is 148 Å². The lowest BCUT2D eigenvalue weighted by molar-refractivity contribution is -0.172. The highest BCUT2D eigenvalue weighted by Gasteiger charge is 2.14. The molecular formula is C20H25NO4. The standard InChI is InChI=1S/C20H25NO4/c1-14(2)21(24)20(23)7-5-4-6-19(22)17-9-8-16-13-18(25-3)11-10-15(16)12-17/h8-14,24H,4-7H2,1-3H3. The number of unbranched alkanes of at least 4 members (excludes halogenated alkanes) is 1. The van der Waals surface area contributed by atoms with Crippen LogP contribution in [0.4, 0.5) is 0 Å². The second kappa shape index (κ2) is 8.62. The van der Waals surface area contributed by atoms with Gasteiger partial charge in [0.15, 0.2) is 5.78 Å². The van der Waals surface area contributed by atoms with Gasteiger partial charge >= 0.3 is 0 Å². The maximum absolute atomic E-state index is 12.3. The first-order chi connectivity index (χ1) is 11.9. The van der Waals surface area contributed by atoms with Crippen molar-refractivity contribution in [1.82, 2.24) is 5.06 Å². The molecule has 0 saturated heterocycles. The monoisotopic (exact) mass is 343 g/mol. The maximum Gasteiger partial charge on any atom is 0.246 e. The molecule has 5 nitrogen and oxygen atoms in total. The molecule has 0 fully saturated rings. The number of ketones is 1. The number of carbonyl (C=O) groups is 2. The van der Waals surface area contributed by atoms with Crippen LogP contribution in [-0.4, -0.2) is 35.1 Å². The summed E-state index contributed by atoms with van der Waals surface area (Å²) in [6, 6.07) is 11.1. The molecule has 25 heavy (non-hydrogen) atoms. The molecule has 134 valence electrons. The fourth-order valence-electron chi connectivity index (χ4n) is 2.63. The molecular weight excluding hydrogens is 318 g/mol. The lowest BCUT2D eigenvalue weighted by atomic mass is 10.0. The average Bonchev–Trinajstić information content (AvgIpc) is 2.63. The van der Waals surface area contributed by atoms with Crippen molar-refractivity contribution in [2.45, 2.75) is 45.6 Å². The number of nitrogens with zero attached hydrogens (tertiary/aromatic N) is 1. The van der Waals surface area contributed by atoms with E-state index in [0.29, 0.717) is 24.8 Å². The molecule has 0 aliphatic rings. The minimum atomic E-state index is -0.304. The summed E-state index contributed by atoms with van der Waals surface area (Å²) >= 11 is 0. The lowest BCUT2D eigenvalue weighted by Crippen LogP contribution is -2.33. The Morgan fingerprint density at radius 3 is 2.36 bits per heavy atom. The van der Waals surface area contributed by atoms with Crippen LogP contribution < -0.4 is 4.74 Å². The highest BCUT2D eigenvalue weighted by molar-refractivity contribution is 6.00. The number of ether oxygens (including phenoxy) is 1. The van der Waals surface area contributed by atoms with E-state index in [4.69, 9.17) is 4.74 Å². The molecule has 0 aliphatic carbocycles. The van der Waals surface area contributed by atoms with Gasteiger partial charge < -0.3 is 4.74 Å². The summed E-state index contributed by atoms with van der Waals surface area (Å²) in [6.45, 7) is 3.49. The number of hydrogen-bond donors (Lipinski definition) is 1. The average molecular weight is 343 g/mol. The molecule has 0 atom stereocenters. The predicted octanol–water partition coefficient (Wildman–Crippen LogP) is 4.22. The van der Waals surface area contributed by atoms with Crippen LogP contribution in [0.25, 0.3) is 10.8 Å². The molecule has 0 heterocycles. The zero-order chi connectivity index (χ0) is 18.4. The Hall–Kier alpha value is -2.40. The zero-order valence-corrected chi connectivity index (χ0v) is 15.0. The van der Waals surface area contributed by atoms with Gasteiger partial charge in [-0.25, -0.2) is 5.06 Å². The van der Waals surface area contributed by atoms with Crippen molar-refractivity contribution in [3.63, 3.8) is 0 Å². The minimum absolute atomic E-state index is 0.0647. The number of hydroxylamine groups is 2. The van der Waals surface area contributed by atoms with E-state index in [0.717, 1.165) is 21.6 Å². The quantitative estimate of drug-likeness (QED) is 0.337. The Balaban J connectivity index is 1.88. The molecule has 0 aromatic heterocycles. The number of amides is 1. The van der Waals surface area contributed by atoms with Crippen LogP contribution in [0.1, 0.15) is 49.9 Å². The van der Waals surface area contributed by atoms with Crippen LogP contribution in [0, 0.1) is 0 Å². The third-order valence-electron chi connectivity index (χ3n) is 4.16. The van der Waals surface area contributed by atoms with Gasteiger partial charge in [-0.15, -0.1) is 0 Å². The fourth-order valence-corrected chi connectivity index (χ4v) is 2.63. The molecule has 1 amide bonds. The van der Waals surface area contributed by atoms with E-state index in [2.05, 4.69) is 0 Å². The van der Waals surface area contributed by atoms with E-state index >= 15 is 0 Å².